The van der Waals surface area contributed by atoms with Crippen molar-refractivity contribution in [3.05, 3.63) is 24.3 Å². The highest BCUT2D eigenvalue weighted by Gasteiger charge is 2.18. The fourth-order valence-corrected chi connectivity index (χ4v) is 8.10. The molecule has 0 saturated heterocycles. The lowest BCUT2D eigenvalue weighted by atomic mass is 10.0. The first kappa shape index (κ1) is 58.3. The third-order valence-electron chi connectivity index (χ3n) is 12.2. The van der Waals surface area contributed by atoms with Gasteiger partial charge in [0.25, 0.3) is 0 Å². The maximum atomic E-state index is 12.4. The highest BCUT2D eigenvalue weighted by atomic mass is 16.5. The molecule has 0 aliphatic carbocycles. The van der Waals surface area contributed by atoms with Crippen LogP contribution in [0.5, 0.6) is 0 Å². The monoisotopic (exact) mass is 846 g/mol. The van der Waals surface area contributed by atoms with Crippen molar-refractivity contribution < 1.29 is 24.5 Å². The number of hydrogen-bond donors (Lipinski definition) is 3. The predicted molar refractivity (Wildman–Crippen MR) is 260 cm³/mol. The second-order valence-electron chi connectivity index (χ2n) is 18.2. The first-order chi connectivity index (χ1) is 29.5. The van der Waals surface area contributed by atoms with Gasteiger partial charge in [0, 0.05) is 12.8 Å². The van der Waals surface area contributed by atoms with E-state index in [1.807, 2.05) is 6.08 Å². The quantitative estimate of drug-likeness (QED) is 0.0322. The zero-order valence-electron chi connectivity index (χ0n) is 40.2. The summed E-state index contributed by atoms with van der Waals surface area (Å²) in [5, 5.41) is 23.1. The summed E-state index contributed by atoms with van der Waals surface area (Å²) in [6, 6.07) is -0.648. The lowest BCUT2D eigenvalue weighted by molar-refractivity contribution is -0.143. The topological polar surface area (TPSA) is 95.9 Å². The number of nitrogens with one attached hydrogen (secondary N) is 1. The minimum atomic E-state index is -0.862. The highest BCUT2D eigenvalue weighted by molar-refractivity contribution is 5.76. The number of carbonyl (C=O) groups excluding carboxylic acids is 2. The average Bonchev–Trinajstić information content (AvgIpc) is 3.25. The summed E-state index contributed by atoms with van der Waals surface area (Å²) in [5.41, 5.74) is 0. The van der Waals surface area contributed by atoms with E-state index in [0.717, 1.165) is 57.8 Å². The van der Waals surface area contributed by atoms with Gasteiger partial charge in [-0.1, -0.05) is 237 Å². The molecule has 0 rings (SSSR count). The minimum absolute atomic E-state index is 0.0305. The van der Waals surface area contributed by atoms with Crippen LogP contribution in [0.4, 0.5) is 0 Å². The average molecular weight is 846 g/mol. The second kappa shape index (κ2) is 50.0. The van der Waals surface area contributed by atoms with Crippen LogP contribution in [0.15, 0.2) is 24.3 Å². The Bertz CT molecular complexity index is 935. The predicted octanol–water partition coefficient (Wildman–Crippen LogP) is 15.9. The number of amides is 1. The number of carbonyl (C=O) groups is 2. The maximum absolute atomic E-state index is 12.4. The van der Waals surface area contributed by atoms with E-state index in [2.05, 4.69) is 31.3 Å². The van der Waals surface area contributed by atoms with Gasteiger partial charge in [-0.25, -0.2) is 0 Å². The van der Waals surface area contributed by atoms with Gasteiger partial charge in [0.05, 0.1) is 25.4 Å². The number of aliphatic hydroxyl groups is 2. The van der Waals surface area contributed by atoms with Crippen molar-refractivity contribution in [2.45, 2.75) is 296 Å². The molecular formula is C54H103NO5. The lowest BCUT2D eigenvalue weighted by Crippen LogP contribution is -2.45. The van der Waals surface area contributed by atoms with Gasteiger partial charge < -0.3 is 20.3 Å². The Kier molecular flexibility index (Phi) is 48.6. The van der Waals surface area contributed by atoms with Crippen molar-refractivity contribution >= 4 is 11.9 Å². The van der Waals surface area contributed by atoms with Crippen LogP contribution in [-0.4, -0.2) is 47.4 Å². The largest absolute Gasteiger partial charge is 0.466 e. The minimum Gasteiger partial charge on any atom is -0.466 e. The van der Waals surface area contributed by atoms with Crippen molar-refractivity contribution in [3.8, 4) is 0 Å². The van der Waals surface area contributed by atoms with Crippen LogP contribution >= 0.6 is 0 Å². The van der Waals surface area contributed by atoms with Crippen molar-refractivity contribution in [1.82, 2.24) is 5.32 Å². The molecule has 0 heterocycles. The maximum Gasteiger partial charge on any atom is 0.305 e. The number of rotatable bonds is 49. The van der Waals surface area contributed by atoms with Gasteiger partial charge in [0.15, 0.2) is 0 Å². The van der Waals surface area contributed by atoms with Crippen LogP contribution in [0.25, 0.3) is 0 Å². The first-order valence-electron chi connectivity index (χ1n) is 26.6. The number of allylic oxidation sites excluding steroid dienone is 3. The standard InChI is InChI=1S/C54H103NO5/c1-3-5-7-9-11-13-15-17-19-21-23-25-27-30-34-38-42-46-52(57)51(50-56)55-53(58)47-43-39-35-31-29-33-37-41-45-49-60-54(59)48-44-40-36-32-28-26-24-22-20-18-16-14-12-10-8-6-4-2/h18,20,42,46,51-52,56-57H,3-17,19,21-41,43-45,47-50H2,1-2H3,(H,55,58)/b20-18-,46-42+. The van der Waals surface area contributed by atoms with E-state index in [1.165, 1.54) is 199 Å². The molecule has 0 spiro atoms. The molecule has 0 aromatic carbocycles. The molecule has 60 heavy (non-hydrogen) atoms. The molecule has 0 saturated carbocycles. The molecule has 6 heteroatoms. The zero-order valence-corrected chi connectivity index (χ0v) is 40.2. The molecule has 0 bridgehead atoms. The molecule has 2 unspecified atom stereocenters. The van der Waals surface area contributed by atoms with E-state index < -0.39 is 12.1 Å². The first-order valence-corrected chi connectivity index (χ1v) is 26.6. The van der Waals surface area contributed by atoms with Crippen LogP contribution in [-0.2, 0) is 14.3 Å². The summed E-state index contributed by atoms with van der Waals surface area (Å²) in [6.45, 7) is 4.84. The molecule has 3 N–H and O–H groups in total. The van der Waals surface area contributed by atoms with Crippen LogP contribution in [0.3, 0.4) is 0 Å². The fourth-order valence-electron chi connectivity index (χ4n) is 8.10. The van der Waals surface area contributed by atoms with Crippen LogP contribution in [0.1, 0.15) is 284 Å². The fraction of sp³-hybridized carbons (Fsp3) is 0.889. The van der Waals surface area contributed by atoms with Crippen LogP contribution in [0, 0.1) is 0 Å². The van der Waals surface area contributed by atoms with E-state index in [9.17, 15) is 19.8 Å². The van der Waals surface area contributed by atoms with E-state index >= 15 is 0 Å². The van der Waals surface area contributed by atoms with Gasteiger partial charge in [-0.3, -0.25) is 9.59 Å². The van der Waals surface area contributed by atoms with Crippen molar-refractivity contribution in [2.24, 2.45) is 0 Å². The molecule has 354 valence electrons. The Labute approximate surface area is 373 Å². The van der Waals surface area contributed by atoms with E-state index in [4.69, 9.17) is 4.74 Å². The van der Waals surface area contributed by atoms with Gasteiger partial charge in [0.1, 0.15) is 0 Å². The summed E-state index contributed by atoms with van der Waals surface area (Å²) in [5.74, 6) is -0.125. The Morgan fingerprint density at radius 1 is 0.450 bits per heavy atom. The molecule has 0 radical (unpaired) electrons. The van der Waals surface area contributed by atoms with Crippen LogP contribution < -0.4 is 5.32 Å². The molecule has 0 aromatic rings. The van der Waals surface area contributed by atoms with Gasteiger partial charge >= 0.3 is 5.97 Å². The number of aliphatic hydroxyl groups excluding tert-OH is 2. The summed E-state index contributed by atoms with van der Waals surface area (Å²) < 4.78 is 5.46. The molecule has 1 amide bonds. The molecule has 0 aromatic heterocycles. The number of esters is 1. The van der Waals surface area contributed by atoms with E-state index in [-0.39, 0.29) is 18.5 Å². The number of unbranched alkanes of at least 4 members (excludes halogenated alkanes) is 36. The van der Waals surface area contributed by atoms with Crippen LogP contribution in [0.2, 0.25) is 0 Å². The third-order valence-corrected chi connectivity index (χ3v) is 12.2. The van der Waals surface area contributed by atoms with Gasteiger partial charge in [-0.15, -0.1) is 0 Å². The lowest BCUT2D eigenvalue weighted by Gasteiger charge is -2.20. The molecular weight excluding hydrogens is 743 g/mol. The normalized spacial score (nSPS) is 12.8. The van der Waals surface area contributed by atoms with Crippen molar-refractivity contribution in [2.75, 3.05) is 13.2 Å². The third kappa shape index (κ3) is 45.9. The van der Waals surface area contributed by atoms with Gasteiger partial charge in [-0.2, -0.15) is 0 Å². The smallest absolute Gasteiger partial charge is 0.305 e. The molecule has 0 aliphatic heterocycles. The number of hydrogen-bond acceptors (Lipinski definition) is 5. The SMILES string of the molecule is CCCCCCCC/C=C\CCCCCCCCCC(=O)OCCCCCCCCCCCC(=O)NC(CO)C(O)/C=C/CCCCCCCCCCCCCCCCC. The van der Waals surface area contributed by atoms with E-state index in [0.29, 0.717) is 19.4 Å². The number of ether oxygens (including phenoxy) is 1. The second-order valence-corrected chi connectivity index (χ2v) is 18.2. The Morgan fingerprint density at radius 3 is 1.18 bits per heavy atom. The van der Waals surface area contributed by atoms with Gasteiger partial charge in [-0.05, 0) is 57.8 Å². The molecule has 0 aliphatic rings. The van der Waals surface area contributed by atoms with Gasteiger partial charge in [0.2, 0.25) is 5.91 Å². The molecule has 6 nitrogen and oxygen atoms in total. The van der Waals surface area contributed by atoms with E-state index in [1.54, 1.807) is 6.08 Å². The van der Waals surface area contributed by atoms with Crippen molar-refractivity contribution in [3.63, 3.8) is 0 Å². The summed E-state index contributed by atoms with van der Waals surface area (Å²) in [6.07, 6.45) is 58.9. The molecule has 0 fully saturated rings. The van der Waals surface area contributed by atoms with Crippen molar-refractivity contribution in [1.29, 1.82) is 0 Å². The summed E-state index contributed by atoms with van der Waals surface area (Å²) in [4.78, 5) is 24.5. The Morgan fingerprint density at radius 2 is 0.783 bits per heavy atom. The zero-order chi connectivity index (χ0) is 43.7. The Balaban J connectivity index is 3.52. The molecule has 2 atom stereocenters. The Hall–Kier alpha value is -1.66. The summed E-state index contributed by atoms with van der Waals surface area (Å²) in [7, 11) is 0. The summed E-state index contributed by atoms with van der Waals surface area (Å²) >= 11 is 0. The highest BCUT2D eigenvalue weighted by Crippen LogP contribution is 2.16.